The summed E-state index contributed by atoms with van der Waals surface area (Å²) in [6.45, 7) is -0.298. The van der Waals surface area contributed by atoms with Crippen LogP contribution in [0.4, 0.5) is 23.2 Å². The van der Waals surface area contributed by atoms with Crippen molar-refractivity contribution in [3.8, 4) is 5.75 Å². The number of halogens is 5. The summed E-state index contributed by atoms with van der Waals surface area (Å²) in [6, 6.07) is 7.34. The van der Waals surface area contributed by atoms with E-state index in [4.69, 9.17) is 10.5 Å². The van der Waals surface area contributed by atoms with E-state index in [0.29, 0.717) is 0 Å². The van der Waals surface area contributed by atoms with Gasteiger partial charge in [0.25, 0.3) is 0 Å². The zero-order chi connectivity index (χ0) is 15.6. The third kappa shape index (κ3) is 3.87. The maximum atomic E-state index is 13.1. The van der Waals surface area contributed by atoms with Crippen molar-refractivity contribution < 1.29 is 22.3 Å². The van der Waals surface area contributed by atoms with E-state index in [0.717, 1.165) is 12.1 Å². The van der Waals surface area contributed by atoms with Gasteiger partial charge in [-0.25, -0.2) is 4.39 Å². The molecular formula is C14H10BrF4NO. The van der Waals surface area contributed by atoms with Gasteiger partial charge in [-0.1, -0.05) is 6.07 Å². The molecule has 2 rings (SSSR count). The quantitative estimate of drug-likeness (QED) is 0.629. The van der Waals surface area contributed by atoms with E-state index in [1.54, 1.807) is 0 Å². The number of rotatable bonds is 3. The van der Waals surface area contributed by atoms with Crippen molar-refractivity contribution in [2.75, 3.05) is 5.73 Å². The zero-order valence-electron chi connectivity index (χ0n) is 10.5. The van der Waals surface area contributed by atoms with Gasteiger partial charge in [-0.3, -0.25) is 0 Å². The Labute approximate surface area is 126 Å². The average molecular weight is 364 g/mol. The van der Waals surface area contributed by atoms with Crippen LogP contribution >= 0.6 is 15.9 Å². The van der Waals surface area contributed by atoms with Crippen LogP contribution < -0.4 is 10.5 Å². The Bertz CT molecular complexity index is 658. The normalized spacial score (nSPS) is 11.5. The highest BCUT2D eigenvalue weighted by Crippen LogP contribution is 2.34. The minimum absolute atomic E-state index is 0.0237. The Morgan fingerprint density at radius 1 is 1.10 bits per heavy atom. The number of hydrogen-bond donors (Lipinski definition) is 1. The molecule has 21 heavy (non-hydrogen) atoms. The molecule has 0 bridgehead atoms. The maximum absolute atomic E-state index is 13.1. The highest BCUT2D eigenvalue weighted by atomic mass is 79.9. The van der Waals surface area contributed by atoms with Gasteiger partial charge in [0.05, 0.1) is 10.0 Å². The molecule has 0 amide bonds. The first-order chi connectivity index (χ1) is 9.77. The van der Waals surface area contributed by atoms with Gasteiger partial charge >= 0.3 is 6.18 Å². The second-order valence-corrected chi connectivity index (χ2v) is 5.13. The standard InChI is InChI=1S/C14H10BrF4NO/c15-12-6-10(3-4-13(12)16)21-7-8-1-2-9(20)5-11(8)14(17,18)19/h1-6H,7,20H2. The lowest BCUT2D eigenvalue weighted by Gasteiger charge is -2.14. The molecule has 0 aliphatic carbocycles. The average Bonchev–Trinajstić information content (AvgIpc) is 2.40. The lowest BCUT2D eigenvalue weighted by Crippen LogP contribution is -2.11. The lowest BCUT2D eigenvalue weighted by molar-refractivity contribution is -0.138. The molecule has 0 aliphatic heterocycles. The zero-order valence-corrected chi connectivity index (χ0v) is 12.1. The van der Waals surface area contributed by atoms with Gasteiger partial charge in [-0.2, -0.15) is 13.2 Å². The van der Waals surface area contributed by atoms with Crippen LogP contribution in [0.1, 0.15) is 11.1 Å². The molecule has 0 fully saturated rings. The van der Waals surface area contributed by atoms with E-state index in [9.17, 15) is 17.6 Å². The summed E-state index contributed by atoms with van der Waals surface area (Å²) in [5.74, 6) is -0.223. The van der Waals surface area contributed by atoms with E-state index in [1.807, 2.05) is 0 Å². The second kappa shape index (κ2) is 5.93. The first-order valence-electron chi connectivity index (χ1n) is 5.81. The predicted molar refractivity (Wildman–Crippen MR) is 74.3 cm³/mol. The summed E-state index contributed by atoms with van der Waals surface area (Å²) in [6.07, 6.45) is -4.52. The molecule has 0 saturated heterocycles. The molecule has 2 aromatic carbocycles. The molecule has 0 aromatic heterocycles. The fourth-order valence-corrected chi connectivity index (χ4v) is 2.07. The van der Waals surface area contributed by atoms with Gasteiger partial charge < -0.3 is 10.5 Å². The smallest absolute Gasteiger partial charge is 0.416 e. The number of ether oxygens (including phenoxy) is 1. The van der Waals surface area contributed by atoms with Crippen molar-refractivity contribution in [3.63, 3.8) is 0 Å². The number of nitrogens with two attached hydrogens (primary N) is 1. The van der Waals surface area contributed by atoms with Crippen molar-refractivity contribution in [2.24, 2.45) is 0 Å². The predicted octanol–water partition coefficient (Wildman–Crippen LogP) is 4.77. The van der Waals surface area contributed by atoms with Crippen LogP contribution in [0.5, 0.6) is 5.75 Å². The van der Waals surface area contributed by atoms with Crippen molar-refractivity contribution in [3.05, 3.63) is 57.8 Å². The summed E-state index contributed by atoms with van der Waals surface area (Å²) in [5.41, 5.74) is 4.51. The van der Waals surface area contributed by atoms with Gasteiger partial charge in [0.2, 0.25) is 0 Å². The van der Waals surface area contributed by atoms with Crippen molar-refractivity contribution in [1.82, 2.24) is 0 Å². The summed E-state index contributed by atoms with van der Waals surface area (Å²) in [7, 11) is 0. The fraction of sp³-hybridized carbons (Fsp3) is 0.143. The molecule has 2 aromatic rings. The molecule has 0 saturated carbocycles. The van der Waals surface area contributed by atoms with E-state index in [2.05, 4.69) is 15.9 Å². The van der Waals surface area contributed by atoms with Crippen LogP contribution in [0, 0.1) is 5.82 Å². The van der Waals surface area contributed by atoms with Gasteiger partial charge in [0.15, 0.2) is 0 Å². The third-order valence-corrected chi connectivity index (χ3v) is 3.33. The number of alkyl halides is 3. The fourth-order valence-electron chi connectivity index (χ4n) is 1.71. The molecule has 0 heterocycles. The summed E-state index contributed by atoms with van der Waals surface area (Å²) >= 11 is 2.98. The van der Waals surface area contributed by atoms with Gasteiger partial charge in [0.1, 0.15) is 18.2 Å². The van der Waals surface area contributed by atoms with Crippen molar-refractivity contribution in [1.29, 1.82) is 0 Å². The molecule has 0 spiro atoms. The summed E-state index contributed by atoms with van der Waals surface area (Å²) in [5, 5.41) is 0. The van der Waals surface area contributed by atoms with Gasteiger partial charge in [0, 0.05) is 11.3 Å². The lowest BCUT2D eigenvalue weighted by atomic mass is 10.1. The molecule has 7 heteroatoms. The van der Waals surface area contributed by atoms with Crippen LogP contribution in [0.2, 0.25) is 0 Å². The number of hydrogen-bond acceptors (Lipinski definition) is 2. The first-order valence-corrected chi connectivity index (χ1v) is 6.60. The van der Waals surface area contributed by atoms with Crippen LogP contribution in [-0.2, 0) is 12.8 Å². The van der Waals surface area contributed by atoms with E-state index >= 15 is 0 Å². The Hall–Kier alpha value is -1.76. The second-order valence-electron chi connectivity index (χ2n) is 4.28. The Balaban J connectivity index is 2.22. The molecule has 2 nitrogen and oxygen atoms in total. The molecule has 112 valence electrons. The van der Waals surface area contributed by atoms with Crippen molar-refractivity contribution in [2.45, 2.75) is 12.8 Å². The largest absolute Gasteiger partial charge is 0.489 e. The Morgan fingerprint density at radius 3 is 2.43 bits per heavy atom. The summed E-state index contributed by atoms with van der Waals surface area (Å²) in [4.78, 5) is 0. The minimum Gasteiger partial charge on any atom is -0.489 e. The van der Waals surface area contributed by atoms with E-state index in [-0.39, 0.29) is 28.1 Å². The highest BCUT2D eigenvalue weighted by Gasteiger charge is 2.33. The summed E-state index contributed by atoms with van der Waals surface area (Å²) < 4.78 is 57.2. The molecule has 0 aliphatic rings. The number of anilines is 1. The SMILES string of the molecule is Nc1ccc(COc2ccc(F)c(Br)c2)c(C(F)(F)F)c1. The first kappa shape index (κ1) is 15.6. The monoisotopic (exact) mass is 363 g/mol. The highest BCUT2D eigenvalue weighted by molar-refractivity contribution is 9.10. The number of nitrogen functional groups attached to an aromatic ring is 1. The molecule has 0 unspecified atom stereocenters. The van der Waals surface area contributed by atoms with E-state index < -0.39 is 17.6 Å². The van der Waals surface area contributed by atoms with Crippen LogP contribution in [0.3, 0.4) is 0 Å². The topological polar surface area (TPSA) is 35.2 Å². The molecule has 2 N–H and O–H groups in total. The third-order valence-electron chi connectivity index (χ3n) is 2.72. The van der Waals surface area contributed by atoms with Gasteiger partial charge in [-0.05, 0) is 46.3 Å². The molecule has 0 atom stereocenters. The maximum Gasteiger partial charge on any atom is 0.416 e. The molecule has 0 radical (unpaired) electrons. The van der Waals surface area contributed by atoms with Crippen LogP contribution in [0.15, 0.2) is 40.9 Å². The van der Waals surface area contributed by atoms with Crippen molar-refractivity contribution >= 4 is 21.6 Å². The Morgan fingerprint density at radius 2 is 1.81 bits per heavy atom. The number of benzene rings is 2. The van der Waals surface area contributed by atoms with Crippen LogP contribution in [0.25, 0.3) is 0 Å². The van der Waals surface area contributed by atoms with Crippen LogP contribution in [-0.4, -0.2) is 0 Å². The minimum atomic E-state index is -4.52. The van der Waals surface area contributed by atoms with Gasteiger partial charge in [-0.15, -0.1) is 0 Å². The molecular weight excluding hydrogens is 354 g/mol. The Kier molecular flexibility index (Phi) is 4.41. The van der Waals surface area contributed by atoms with E-state index in [1.165, 1.54) is 24.3 Å².